The van der Waals surface area contributed by atoms with Gasteiger partial charge in [0.05, 0.1) is 23.0 Å². The molecule has 4 saturated heterocycles. The van der Waals surface area contributed by atoms with E-state index in [2.05, 4.69) is 55.4 Å². The molecule has 6 aliphatic rings. The third-order valence-electron chi connectivity index (χ3n) is 12.8. The van der Waals surface area contributed by atoms with E-state index in [0.29, 0.717) is 68.7 Å². The molecule has 0 bridgehead atoms. The number of phenols is 1. The summed E-state index contributed by atoms with van der Waals surface area (Å²) in [5.74, 6) is -0.832. The lowest BCUT2D eigenvalue weighted by Crippen LogP contribution is -2.67. The van der Waals surface area contributed by atoms with Gasteiger partial charge < -0.3 is 34.9 Å². The van der Waals surface area contributed by atoms with E-state index in [1.165, 1.54) is 12.1 Å². The molecule has 9 rings (SSSR count). The SMILES string of the molecule is CC1(C)CN(CC2CCN(c3ccc4c(c3)C(=O)N([C@@H]3CCC(=O)NC3=O)C4)CC2)CCN1C(=O)N1CCN2c3cc(-c4cccc(F)c4O)nnc3NC[C@H]2C1. The summed E-state index contributed by atoms with van der Waals surface area (Å²) in [7, 11) is 0. The summed E-state index contributed by atoms with van der Waals surface area (Å²) in [6, 6.07) is 11.7. The van der Waals surface area contributed by atoms with Crippen LogP contribution in [-0.2, 0) is 16.1 Å². The molecule has 7 heterocycles. The van der Waals surface area contributed by atoms with Crippen LogP contribution in [0, 0.1) is 11.7 Å². The lowest BCUT2D eigenvalue weighted by Gasteiger charge is -2.51. The normalized spacial score (nSPS) is 23.8. The van der Waals surface area contributed by atoms with Crippen LogP contribution in [0.5, 0.6) is 5.75 Å². The molecule has 6 aliphatic heterocycles. The number of nitrogens with one attached hydrogen (secondary N) is 2. The summed E-state index contributed by atoms with van der Waals surface area (Å²) in [5.41, 5.74) is 3.73. The van der Waals surface area contributed by atoms with Crippen molar-refractivity contribution in [2.24, 2.45) is 5.92 Å². The number of imide groups is 1. The van der Waals surface area contributed by atoms with Crippen LogP contribution in [0.15, 0.2) is 42.5 Å². The van der Waals surface area contributed by atoms with E-state index in [4.69, 9.17) is 0 Å². The summed E-state index contributed by atoms with van der Waals surface area (Å²) < 4.78 is 14.1. The molecule has 16 heteroatoms. The summed E-state index contributed by atoms with van der Waals surface area (Å²) >= 11 is 0. The molecule has 0 radical (unpaired) electrons. The molecule has 5 amide bonds. The number of urea groups is 1. The van der Waals surface area contributed by atoms with E-state index in [-0.39, 0.29) is 41.4 Å². The molecule has 300 valence electrons. The number of phenolic OH excluding ortho intramolecular Hbond substituents is 1. The van der Waals surface area contributed by atoms with E-state index in [1.807, 2.05) is 28.0 Å². The third-order valence-corrected chi connectivity index (χ3v) is 12.8. The topological polar surface area (TPSA) is 158 Å². The van der Waals surface area contributed by atoms with Gasteiger partial charge in [-0.05, 0) is 74.9 Å². The van der Waals surface area contributed by atoms with Crippen LogP contribution in [0.1, 0.15) is 55.5 Å². The average molecular weight is 781 g/mol. The summed E-state index contributed by atoms with van der Waals surface area (Å²) in [5, 5.41) is 24.6. The number of aromatic nitrogens is 2. The number of carbonyl (C=O) groups excluding carboxylic acids is 4. The maximum absolute atomic E-state index is 14.1. The fourth-order valence-corrected chi connectivity index (χ4v) is 9.73. The fraction of sp³-hybridized carbons (Fsp3) is 0.512. The molecule has 0 aliphatic carbocycles. The maximum Gasteiger partial charge on any atom is 0.320 e. The van der Waals surface area contributed by atoms with Gasteiger partial charge >= 0.3 is 6.03 Å². The second-order valence-corrected chi connectivity index (χ2v) is 16.9. The number of carbonyl (C=O) groups is 4. The number of para-hydroxylation sites is 1. The lowest BCUT2D eigenvalue weighted by molar-refractivity contribution is -0.136. The Balaban J connectivity index is 0.771. The Hall–Kier alpha value is -5.51. The quantitative estimate of drug-likeness (QED) is 0.327. The highest BCUT2D eigenvalue weighted by molar-refractivity contribution is 6.05. The lowest BCUT2D eigenvalue weighted by atomic mass is 9.93. The minimum absolute atomic E-state index is 0.0217. The van der Waals surface area contributed by atoms with Crippen LogP contribution in [-0.4, -0.2) is 142 Å². The number of nitrogens with zero attached hydrogens (tertiary/aromatic N) is 8. The molecule has 0 spiro atoms. The van der Waals surface area contributed by atoms with Crippen molar-refractivity contribution >= 4 is 40.9 Å². The first kappa shape index (κ1) is 37.1. The van der Waals surface area contributed by atoms with Gasteiger partial charge in [-0.2, -0.15) is 0 Å². The predicted octanol–water partition coefficient (Wildman–Crippen LogP) is 3.10. The van der Waals surface area contributed by atoms with Gasteiger partial charge in [0.1, 0.15) is 6.04 Å². The molecule has 4 fully saturated rings. The van der Waals surface area contributed by atoms with Crippen molar-refractivity contribution in [3.05, 3.63) is 59.4 Å². The van der Waals surface area contributed by atoms with Gasteiger partial charge in [-0.15, -0.1) is 10.2 Å². The Labute approximate surface area is 330 Å². The summed E-state index contributed by atoms with van der Waals surface area (Å²) in [6.45, 7) is 12.1. The largest absolute Gasteiger partial charge is 0.504 e. The molecule has 0 unspecified atom stereocenters. The molecule has 1 aromatic heterocycles. The number of aromatic hydroxyl groups is 1. The standard InChI is InChI=1S/C41H49FN10O5/c1-41(2)24-47(21-25-10-12-48(13-11-25)27-7-6-26-22-51(39(56)30(26)18-27)33-8-9-35(53)44-38(33)55)14-17-52(41)40(57)49-15-16-50-28(23-49)20-43-37-34(50)19-32(45-46-37)29-4-3-5-31(42)36(29)54/h3-7,18-19,25,28,33,54H,8-17,20-24H2,1-2H3,(H,43,46)(H,44,53,55)/t28-,33+/m0/s1. The summed E-state index contributed by atoms with van der Waals surface area (Å²) in [4.78, 5) is 64.3. The van der Waals surface area contributed by atoms with Crippen molar-refractivity contribution in [1.29, 1.82) is 0 Å². The zero-order valence-electron chi connectivity index (χ0n) is 32.4. The fourth-order valence-electron chi connectivity index (χ4n) is 9.73. The van der Waals surface area contributed by atoms with Crippen molar-refractivity contribution < 1.29 is 28.7 Å². The molecule has 0 saturated carbocycles. The van der Waals surface area contributed by atoms with Gasteiger partial charge in [0, 0.05) is 95.2 Å². The van der Waals surface area contributed by atoms with Gasteiger partial charge in [0.2, 0.25) is 11.8 Å². The van der Waals surface area contributed by atoms with Crippen LogP contribution < -0.4 is 20.4 Å². The monoisotopic (exact) mass is 780 g/mol. The highest BCUT2D eigenvalue weighted by atomic mass is 19.1. The highest BCUT2D eigenvalue weighted by Gasteiger charge is 2.43. The number of hydrogen-bond donors (Lipinski definition) is 3. The Morgan fingerprint density at radius 3 is 2.56 bits per heavy atom. The molecule has 57 heavy (non-hydrogen) atoms. The van der Waals surface area contributed by atoms with Crippen LogP contribution >= 0.6 is 0 Å². The zero-order valence-corrected chi connectivity index (χ0v) is 32.4. The van der Waals surface area contributed by atoms with E-state index < -0.39 is 23.5 Å². The number of hydrogen-bond acceptors (Lipinski definition) is 11. The van der Waals surface area contributed by atoms with Crippen LogP contribution in [0.25, 0.3) is 11.3 Å². The van der Waals surface area contributed by atoms with Gasteiger partial charge in [-0.1, -0.05) is 12.1 Å². The first-order valence-corrected chi connectivity index (χ1v) is 20.1. The smallest absolute Gasteiger partial charge is 0.320 e. The predicted molar refractivity (Wildman–Crippen MR) is 210 cm³/mol. The Bertz CT molecular complexity index is 2120. The third kappa shape index (κ3) is 6.87. The maximum atomic E-state index is 14.1. The Morgan fingerprint density at radius 1 is 0.947 bits per heavy atom. The second-order valence-electron chi connectivity index (χ2n) is 16.9. The minimum Gasteiger partial charge on any atom is -0.504 e. The van der Waals surface area contributed by atoms with Gasteiger partial charge in [-0.3, -0.25) is 24.6 Å². The van der Waals surface area contributed by atoms with Gasteiger partial charge in [-0.25, -0.2) is 9.18 Å². The van der Waals surface area contributed by atoms with Gasteiger partial charge in [0.15, 0.2) is 17.4 Å². The molecule has 2 atom stereocenters. The summed E-state index contributed by atoms with van der Waals surface area (Å²) in [6.07, 6.45) is 2.66. The van der Waals surface area contributed by atoms with E-state index >= 15 is 0 Å². The highest BCUT2D eigenvalue weighted by Crippen LogP contribution is 2.38. The zero-order chi connectivity index (χ0) is 39.6. The number of rotatable bonds is 5. The number of fused-ring (bicyclic) bond motifs is 4. The first-order valence-electron chi connectivity index (χ1n) is 20.1. The number of halogens is 1. The van der Waals surface area contributed by atoms with Crippen molar-refractivity contribution in [3.8, 4) is 17.0 Å². The molecule has 15 nitrogen and oxygen atoms in total. The molecule has 3 aromatic rings. The second kappa shape index (κ2) is 14.5. The molecule has 3 N–H and O–H groups in total. The van der Waals surface area contributed by atoms with E-state index in [1.54, 1.807) is 11.0 Å². The molecular formula is C41H49FN10O5. The van der Waals surface area contributed by atoms with Crippen molar-refractivity contribution in [2.45, 2.75) is 63.7 Å². The average Bonchev–Trinajstić information content (AvgIpc) is 3.53. The number of piperidine rings is 2. The number of piperazine rings is 2. The van der Waals surface area contributed by atoms with E-state index in [0.717, 1.165) is 62.5 Å². The van der Waals surface area contributed by atoms with Crippen molar-refractivity contribution in [3.63, 3.8) is 0 Å². The minimum atomic E-state index is -0.712. The Morgan fingerprint density at radius 2 is 1.77 bits per heavy atom. The Kier molecular flexibility index (Phi) is 9.41. The first-order chi connectivity index (χ1) is 27.4. The molecular weight excluding hydrogens is 732 g/mol. The van der Waals surface area contributed by atoms with E-state index in [9.17, 15) is 28.7 Å². The number of benzene rings is 2. The van der Waals surface area contributed by atoms with Crippen LogP contribution in [0.4, 0.5) is 26.4 Å². The van der Waals surface area contributed by atoms with Gasteiger partial charge in [0.25, 0.3) is 5.91 Å². The van der Waals surface area contributed by atoms with Crippen molar-refractivity contribution in [2.75, 3.05) is 80.6 Å². The van der Waals surface area contributed by atoms with Crippen molar-refractivity contribution in [1.82, 2.24) is 35.1 Å². The molecule has 2 aromatic carbocycles. The van der Waals surface area contributed by atoms with Crippen LogP contribution in [0.3, 0.4) is 0 Å². The number of amides is 5. The van der Waals surface area contributed by atoms with Crippen LogP contribution in [0.2, 0.25) is 0 Å². The number of anilines is 3.